The summed E-state index contributed by atoms with van der Waals surface area (Å²) in [6, 6.07) is 12.9. The van der Waals surface area contributed by atoms with Gasteiger partial charge in [0.1, 0.15) is 0 Å². The number of halogens is 3. The molecule has 0 spiro atoms. The second kappa shape index (κ2) is 7.83. The lowest BCUT2D eigenvalue weighted by molar-refractivity contribution is -0.137. The Labute approximate surface area is 152 Å². The van der Waals surface area contributed by atoms with E-state index >= 15 is 0 Å². The van der Waals surface area contributed by atoms with Gasteiger partial charge < -0.3 is 0 Å². The quantitative estimate of drug-likeness (QED) is 0.415. The first-order valence-corrected chi connectivity index (χ1v) is 8.87. The molecule has 2 aromatic rings. The fraction of sp³-hybridized carbons (Fsp3) is 0.304. The molecular weight excluding hydrogens is 333 g/mol. The fourth-order valence-corrected chi connectivity index (χ4v) is 3.28. The fourth-order valence-electron chi connectivity index (χ4n) is 3.28. The van der Waals surface area contributed by atoms with E-state index in [4.69, 9.17) is 0 Å². The minimum absolute atomic E-state index is 0.445. The molecular formula is C23H21F3. The Morgan fingerprint density at radius 1 is 0.846 bits per heavy atom. The van der Waals surface area contributed by atoms with E-state index in [0.29, 0.717) is 11.8 Å². The summed E-state index contributed by atoms with van der Waals surface area (Å²) in [5.74, 6) is 7.67. The van der Waals surface area contributed by atoms with E-state index in [1.165, 1.54) is 12.1 Å². The summed E-state index contributed by atoms with van der Waals surface area (Å²) in [5, 5.41) is 0. The van der Waals surface area contributed by atoms with Crippen LogP contribution in [0.1, 0.15) is 36.8 Å². The second-order valence-corrected chi connectivity index (χ2v) is 6.77. The first-order valence-electron chi connectivity index (χ1n) is 8.87. The van der Waals surface area contributed by atoms with Crippen molar-refractivity contribution in [2.24, 2.45) is 11.8 Å². The Morgan fingerprint density at radius 2 is 1.38 bits per heavy atom. The molecule has 26 heavy (non-hydrogen) atoms. The number of allylic oxidation sites excluding steroid dienone is 1. The monoisotopic (exact) mass is 354 g/mol. The molecule has 0 amide bonds. The van der Waals surface area contributed by atoms with E-state index in [2.05, 4.69) is 18.4 Å². The number of rotatable bonds is 2. The van der Waals surface area contributed by atoms with Gasteiger partial charge in [0.05, 0.1) is 5.56 Å². The van der Waals surface area contributed by atoms with Crippen molar-refractivity contribution < 1.29 is 13.2 Å². The Balaban J connectivity index is 1.66. The van der Waals surface area contributed by atoms with Crippen LogP contribution in [0.15, 0.2) is 61.2 Å². The van der Waals surface area contributed by atoms with E-state index in [1.54, 1.807) is 0 Å². The van der Waals surface area contributed by atoms with Crippen molar-refractivity contribution in [1.29, 1.82) is 0 Å². The normalized spacial score (nSPS) is 20.1. The van der Waals surface area contributed by atoms with Crippen LogP contribution in [0.3, 0.4) is 0 Å². The maximum Gasteiger partial charge on any atom is 0.416 e. The summed E-state index contributed by atoms with van der Waals surface area (Å²) in [6.07, 6.45) is 2.30. The van der Waals surface area contributed by atoms with Crippen LogP contribution in [0.5, 0.6) is 0 Å². The maximum absolute atomic E-state index is 12.6. The summed E-state index contributed by atoms with van der Waals surface area (Å²) in [7, 11) is 0. The second-order valence-electron chi connectivity index (χ2n) is 6.77. The van der Waals surface area contributed by atoms with Gasteiger partial charge in [0.25, 0.3) is 0 Å². The van der Waals surface area contributed by atoms with Crippen molar-refractivity contribution in [2.45, 2.75) is 31.9 Å². The highest BCUT2D eigenvalue weighted by Gasteiger charge is 2.29. The van der Waals surface area contributed by atoms with Gasteiger partial charge >= 0.3 is 6.18 Å². The zero-order valence-corrected chi connectivity index (χ0v) is 14.5. The molecule has 0 unspecified atom stereocenters. The van der Waals surface area contributed by atoms with Crippen molar-refractivity contribution >= 4 is 0 Å². The third kappa shape index (κ3) is 4.58. The summed E-state index contributed by atoms with van der Waals surface area (Å²) >= 11 is 0. The Hall–Kier alpha value is -2.47. The summed E-state index contributed by atoms with van der Waals surface area (Å²) in [6.45, 7) is 3.86. The van der Waals surface area contributed by atoms with Gasteiger partial charge in [0.15, 0.2) is 0 Å². The predicted molar refractivity (Wildman–Crippen MR) is 99.4 cm³/mol. The van der Waals surface area contributed by atoms with E-state index in [0.717, 1.165) is 54.5 Å². The maximum atomic E-state index is 12.6. The Morgan fingerprint density at radius 3 is 1.88 bits per heavy atom. The average molecular weight is 354 g/mol. The van der Waals surface area contributed by atoms with Gasteiger partial charge in [-0.1, -0.05) is 42.2 Å². The first kappa shape index (κ1) is 18.3. The largest absolute Gasteiger partial charge is 0.416 e. The van der Waals surface area contributed by atoms with Crippen LogP contribution in [0, 0.1) is 23.7 Å². The summed E-state index contributed by atoms with van der Waals surface area (Å²) in [5.41, 5.74) is 1.96. The molecule has 1 saturated carbocycles. The first-order chi connectivity index (χ1) is 12.5. The van der Waals surface area contributed by atoms with Crippen LogP contribution < -0.4 is 0 Å². The van der Waals surface area contributed by atoms with Crippen molar-refractivity contribution in [1.82, 2.24) is 0 Å². The van der Waals surface area contributed by atoms with Crippen LogP contribution in [0.4, 0.5) is 13.2 Å². The molecule has 134 valence electrons. The molecule has 1 aliphatic rings. The molecule has 0 N–H and O–H groups in total. The van der Waals surface area contributed by atoms with E-state index < -0.39 is 11.7 Å². The third-order valence-corrected chi connectivity index (χ3v) is 4.96. The lowest BCUT2D eigenvalue weighted by Gasteiger charge is -2.22. The lowest BCUT2D eigenvalue weighted by Crippen LogP contribution is -2.11. The highest BCUT2D eigenvalue weighted by Crippen LogP contribution is 2.31. The molecule has 0 nitrogen and oxygen atoms in total. The lowest BCUT2D eigenvalue weighted by atomic mass is 9.82. The van der Waals surface area contributed by atoms with Gasteiger partial charge in [-0.2, -0.15) is 13.2 Å². The zero-order chi connectivity index (χ0) is 18.6. The number of hydrogen-bond acceptors (Lipinski definition) is 0. The predicted octanol–water partition coefficient (Wildman–Crippen LogP) is 6.72. The molecule has 0 aromatic heterocycles. The topological polar surface area (TPSA) is 0 Å². The molecule has 1 fully saturated rings. The molecule has 2 aromatic carbocycles. The molecule has 0 atom stereocenters. The van der Waals surface area contributed by atoms with Crippen molar-refractivity contribution in [3.05, 3.63) is 72.3 Å². The van der Waals surface area contributed by atoms with Gasteiger partial charge in [-0.15, -0.1) is 6.58 Å². The average Bonchev–Trinajstić information content (AvgIpc) is 2.66. The molecule has 3 heteroatoms. The van der Waals surface area contributed by atoms with Crippen LogP contribution in [-0.2, 0) is 6.18 Å². The molecule has 0 bridgehead atoms. The van der Waals surface area contributed by atoms with Crippen molar-refractivity contribution in [3.63, 3.8) is 0 Å². The molecule has 0 aliphatic heterocycles. The molecule has 0 radical (unpaired) electrons. The zero-order valence-electron chi connectivity index (χ0n) is 14.5. The van der Waals surface area contributed by atoms with Gasteiger partial charge in [0.2, 0.25) is 0 Å². The van der Waals surface area contributed by atoms with E-state index in [1.807, 2.05) is 30.3 Å². The Kier molecular flexibility index (Phi) is 5.52. The smallest absolute Gasteiger partial charge is 0.166 e. The van der Waals surface area contributed by atoms with Crippen LogP contribution >= 0.6 is 0 Å². The Bertz CT molecular complexity index is 794. The molecule has 0 saturated heterocycles. The minimum Gasteiger partial charge on any atom is -0.166 e. The molecule has 3 rings (SSSR count). The van der Waals surface area contributed by atoms with Crippen molar-refractivity contribution in [2.75, 3.05) is 0 Å². The van der Waals surface area contributed by atoms with Crippen LogP contribution in [0.2, 0.25) is 0 Å². The molecule has 0 heterocycles. The highest BCUT2D eigenvalue weighted by atomic mass is 19.4. The van der Waals surface area contributed by atoms with E-state index in [9.17, 15) is 13.2 Å². The van der Waals surface area contributed by atoms with Crippen LogP contribution in [0.25, 0.3) is 11.1 Å². The highest BCUT2D eigenvalue weighted by molar-refractivity contribution is 5.64. The van der Waals surface area contributed by atoms with Gasteiger partial charge in [-0.3, -0.25) is 0 Å². The van der Waals surface area contributed by atoms with Gasteiger partial charge in [0, 0.05) is 11.5 Å². The van der Waals surface area contributed by atoms with Crippen LogP contribution in [-0.4, -0.2) is 0 Å². The molecule has 1 aliphatic carbocycles. The summed E-state index contributed by atoms with van der Waals surface area (Å²) < 4.78 is 37.9. The van der Waals surface area contributed by atoms with E-state index in [-0.39, 0.29) is 0 Å². The van der Waals surface area contributed by atoms with Crippen molar-refractivity contribution in [3.8, 4) is 23.0 Å². The number of alkyl halides is 3. The van der Waals surface area contributed by atoms with Gasteiger partial charge in [-0.25, -0.2) is 0 Å². The minimum atomic E-state index is -4.30. The standard InChI is InChI=1S/C23H21F3/c1-2-17-3-5-18(6-4-17)7-8-19-9-11-20(12-10-19)21-13-15-22(16-14-21)23(24,25)26/h2,9-18H,1,3-6H2. The van der Waals surface area contributed by atoms with Gasteiger partial charge in [-0.05, 0) is 67.0 Å². The third-order valence-electron chi connectivity index (χ3n) is 4.96. The number of benzene rings is 2. The number of hydrogen-bond donors (Lipinski definition) is 0. The SMILES string of the molecule is C=CC1CCC(C#Cc2ccc(-c3ccc(C(F)(F)F)cc3)cc2)CC1. The summed E-state index contributed by atoms with van der Waals surface area (Å²) in [4.78, 5) is 0.